The molecule has 0 atom stereocenters. The predicted molar refractivity (Wildman–Crippen MR) is 100 cm³/mol. The third kappa shape index (κ3) is 5.29. The number of nitrogens with zero attached hydrogens (tertiary/aromatic N) is 5. The first-order valence-electron chi connectivity index (χ1n) is 9.62. The lowest BCUT2D eigenvalue weighted by atomic mass is 10.1. The van der Waals surface area contributed by atoms with Gasteiger partial charge in [-0.25, -0.2) is 14.8 Å². The van der Waals surface area contributed by atoms with Crippen molar-refractivity contribution in [3.8, 4) is 0 Å². The fraction of sp³-hybridized carbons (Fsp3) is 0.667. The summed E-state index contributed by atoms with van der Waals surface area (Å²) in [5.41, 5.74) is 0. The average Bonchev–Trinajstić information content (AvgIpc) is 2.73. The number of carbonyl (C=O) groups is 2. The van der Waals surface area contributed by atoms with E-state index in [1.165, 1.54) is 0 Å². The molecule has 9 nitrogen and oxygen atoms in total. The molecule has 27 heavy (non-hydrogen) atoms. The van der Waals surface area contributed by atoms with Crippen LogP contribution in [0.4, 0.5) is 10.7 Å². The fourth-order valence-corrected chi connectivity index (χ4v) is 3.43. The molecule has 0 aliphatic carbocycles. The number of likely N-dealkylation sites (tertiary alicyclic amines) is 1. The average molecular weight is 376 g/mol. The molecule has 3 heterocycles. The summed E-state index contributed by atoms with van der Waals surface area (Å²) < 4.78 is 5.03. The van der Waals surface area contributed by atoms with Crippen LogP contribution in [0.1, 0.15) is 19.8 Å². The number of rotatable bonds is 5. The molecule has 148 valence electrons. The molecule has 2 amide bonds. The van der Waals surface area contributed by atoms with E-state index >= 15 is 0 Å². The normalized spacial score (nSPS) is 18.5. The molecule has 0 spiro atoms. The number of hydrogen-bond donors (Lipinski definition) is 1. The minimum absolute atomic E-state index is 0.122. The van der Waals surface area contributed by atoms with E-state index in [9.17, 15) is 9.59 Å². The Morgan fingerprint density at radius 2 is 1.74 bits per heavy atom. The van der Waals surface area contributed by atoms with E-state index in [0.717, 1.165) is 31.9 Å². The van der Waals surface area contributed by atoms with Crippen molar-refractivity contribution in [2.75, 3.05) is 57.3 Å². The van der Waals surface area contributed by atoms with Crippen molar-refractivity contribution in [1.29, 1.82) is 0 Å². The second-order valence-electron chi connectivity index (χ2n) is 6.76. The third-order valence-corrected chi connectivity index (χ3v) is 5.03. The lowest BCUT2D eigenvalue weighted by Crippen LogP contribution is -2.53. The SMILES string of the molecule is CCOC(=O)N1CCC(NCC(=O)N2CCN(c3ncccn3)CC2)CC1. The minimum Gasteiger partial charge on any atom is -0.450 e. The van der Waals surface area contributed by atoms with Crippen LogP contribution in [0.5, 0.6) is 0 Å². The number of anilines is 1. The second kappa shape index (κ2) is 9.50. The Bertz CT molecular complexity index is 613. The highest BCUT2D eigenvalue weighted by Gasteiger charge is 2.26. The molecule has 0 unspecified atom stereocenters. The van der Waals surface area contributed by atoms with Gasteiger partial charge in [0.05, 0.1) is 13.2 Å². The Morgan fingerprint density at radius 3 is 2.37 bits per heavy atom. The zero-order chi connectivity index (χ0) is 19.1. The van der Waals surface area contributed by atoms with E-state index in [4.69, 9.17) is 4.74 Å². The number of piperazine rings is 1. The highest BCUT2D eigenvalue weighted by molar-refractivity contribution is 5.78. The van der Waals surface area contributed by atoms with Gasteiger partial charge < -0.3 is 24.8 Å². The fourth-order valence-electron chi connectivity index (χ4n) is 3.43. The lowest BCUT2D eigenvalue weighted by molar-refractivity contribution is -0.130. The van der Waals surface area contributed by atoms with Gasteiger partial charge in [0.1, 0.15) is 0 Å². The van der Waals surface area contributed by atoms with Crippen LogP contribution in [0.15, 0.2) is 18.5 Å². The number of aromatic nitrogens is 2. The predicted octanol–water partition coefficient (Wildman–Crippen LogP) is 0.336. The third-order valence-electron chi connectivity index (χ3n) is 5.03. The Hall–Kier alpha value is -2.42. The lowest BCUT2D eigenvalue weighted by Gasteiger charge is -2.35. The zero-order valence-electron chi connectivity index (χ0n) is 15.8. The summed E-state index contributed by atoms with van der Waals surface area (Å²) in [6.07, 6.45) is 4.90. The Morgan fingerprint density at radius 1 is 1.07 bits per heavy atom. The van der Waals surface area contributed by atoms with Crippen LogP contribution in [0, 0.1) is 0 Å². The first-order valence-corrected chi connectivity index (χ1v) is 9.62. The summed E-state index contributed by atoms with van der Waals surface area (Å²) >= 11 is 0. The molecule has 0 radical (unpaired) electrons. The standard InChI is InChI=1S/C18H28N6O3/c1-2-27-18(26)24-8-4-15(5-9-24)21-14-16(25)22-10-12-23(13-11-22)17-19-6-3-7-20-17/h3,6-7,15,21H,2,4-5,8-14H2,1H3. The van der Waals surface area contributed by atoms with Crippen molar-refractivity contribution in [1.82, 2.24) is 25.1 Å². The maximum Gasteiger partial charge on any atom is 0.409 e. The highest BCUT2D eigenvalue weighted by atomic mass is 16.6. The summed E-state index contributed by atoms with van der Waals surface area (Å²) in [6, 6.07) is 2.06. The van der Waals surface area contributed by atoms with Gasteiger partial charge >= 0.3 is 6.09 Å². The van der Waals surface area contributed by atoms with Gasteiger partial charge in [-0.2, -0.15) is 0 Å². The van der Waals surface area contributed by atoms with Gasteiger partial charge in [-0.15, -0.1) is 0 Å². The first kappa shape index (κ1) is 19.3. The van der Waals surface area contributed by atoms with Crippen molar-refractivity contribution in [3.63, 3.8) is 0 Å². The molecule has 1 N–H and O–H groups in total. The number of hydrogen-bond acceptors (Lipinski definition) is 7. The molecule has 3 rings (SSSR count). The summed E-state index contributed by atoms with van der Waals surface area (Å²) in [4.78, 5) is 38.4. The molecule has 2 aliphatic rings. The summed E-state index contributed by atoms with van der Waals surface area (Å²) in [5.74, 6) is 0.840. The molecular weight excluding hydrogens is 348 g/mol. The van der Waals surface area contributed by atoms with Crippen LogP contribution in [-0.4, -0.2) is 90.2 Å². The van der Waals surface area contributed by atoms with Crippen molar-refractivity contribution < 1.29 is 14.3 Å². The van der Waals surface area contributed by atoms with E-state index in [1.54, 1.807) is 23.4 Å². The van der Waals surface area contributed by atoms with Crippen LogP contribution in [0.3, 0.4) is 0 Å². The molecule has 0 saturated carbocycles. The van der Waals surface area contributed by atoms with Crippen LogP contribution in [0.2, 0.25) is 0 Å². The van der Waals surface area contributed by atoms with E-state index in [2.05, 4.69) is 20.2 Å². The van der Waals surface area contributed by atoms with Gasteiger partial charge in [-0.1, -0.05) is 0 Å². The van der Waals surface area contributed by atoms with Crippen LogP contribution in [-0.2, 0) is 9.53 Å². The monoisotopic (exact) mass is 376 g/mol. The highest BCUT2D eigenvalue weighted by Crippen LogP contribution is 2.12. The molecule has 1 aromatic rings. The summed E-state index contributed by atoms with van der Waals surface area (Å²) in [5, 5.41) is 3.34. The van der Waals surface area contributed by atoms with Gasteiger partial charge in [-0.05, 0) is 25.8 Å². The van der Waals surface area contributed by atoms with Gasteiger partial charge in [0.2, 0.25) is 11.9 Å². The maximum atomic E-state index is 12.5. The number of nitrogens with one attached hydrogen (secondary N) is 1. The van der Waals surface area contributed by atoms with Gasteiger partial charge in [-0.3, -0.25) is 4.79 Å². The number of ether oxygens (including phenoxy) is 1. The Balaban J connectivity index is 1.35. The molecule has 2 aliphatic heterocycles. The molecule has 2 saturated heterocycles. The molecule has 2 fully saturated rings. The largest absolute Gasteiger partial charge is 0.450 e. The van der Waals surface area contributed by atoms with Crippen LogP contribution < -0.4 is 10.2 Å². The number of piperidine rings is 1. The van der Waals surface area contributed by atoms with E-state index in [-0.39, 0.29) is 18.0 Å². The second-order valence-corrected chi connectivity index (χ2v) is 6.76. The van der Waals surface area contributed by atoms with Crippen molar-refractivity contribution in [3.05, 3.63) is 18.5 Å². The Labute approximate surface area is 159 Å². The quantitative estimate of drug-likeness (QED) is 0.792. The molecule has 0 aromatic carbocycles. The van der Waals surface area contributed by atoms with Crippen LogP contribution >= 0.6 is 0 Å². The molecule has 0 bridgehead atoms. The van der Waals surface area contributed by atoms with E-state index in [0.29, 0.717) is 39.3 Å². The smallest absolute Gasteiger partial charge is 0.409 e. The van der Waals surface area contributed by atoms with Crippen LogP contribution in [0.25, 0.3) is 0 Å². The minimum atomic E-state index is -0.243. The number of carbonyl (C=O) groups excluding carboxylic acids is 2. The van der Waals surface area contributed by atoms with Gasteiger partial charge in [0, 0.05) is 57.7 Å². The van der Waals surface area contributed by atoms with Crippen molar-refractivity contribution in [2.24, 2.45) is 0 Å². The Kier molecular flexibility index (Phi) is 6.80. The summed E-state index contributed by atoms with van der Waals surface area (Å²) in [7, 11) is 0. The molecule has 9 heteroatoms. The van der Waals surface area contributed by atoms with Gasteiger partial charge in [0.25, 0.3) is 0 Å². The topological polar surface area (TPSA) is 90.9 Å². The van der Waals surface area contributed by atoms with Gasteiger partial charge in [0.15, 0.2) is 0 Å². The first-order chi connectivity index (χ1) is 13.2. The number of amides is 2. The summed E-state index contributed by atoms with van der Waals surface area (Å²) in [6.45, 7) is 6.73. The zero-order valence-corrected chi connectivity index (χ0v) is 15.8. The van der Waals surface area contributed by atoms with E-state index < -0.39 is 0 Å². The maximum absolute atomic E-state index is 12.5. The molecular formula is C18H28N6O3. The molecule has 1 aromatic heterocycles. The van der Waals surface area contributed by atoms with E-state index in [1.807, 2.05) is 11.8 Å². The van der Waals surface area contributed by atoms with Crippen molar-refractivity contribution >= 4 is 17.9 Å². The van der Waals surface area contributed by atoms with Crippen molar-refractivity contribution in [2.45, 2.75) is 25.8 Å².